The molecule has 3 N–H and O–H groups in total. The lowest BCUT2D eigenvalue weighted by atomic mass is 10.1. The number of nitrogens with one attached hydrogen (secondary N) is 1. The molecule has 1 aliphatic rings. The second-order valence-electron chi connectivity index (χ2n) is 6.30. The van der Waals surface area contributed by atoms with E-state index in [2.05, 4.69) is 15.3 Å². The number of hydrogen-bond donors (Lipinski definition) is 3. The Hall–Kier alpha value is -2.70. The number of imidazole rings is 1. The summed E-state index contributed by atoms with van der Waals surface area (Å²) in [5.74, 6) is -3.58. The molecule has 1 aliphatic heterocycles. The Kier molecular flexibility index (Phi) is 5.54. The Morgan fingerprint density at radius 3 is 2.75 bits per heavy atom. The Balaban J connectivity index is 1.68. The topological polar surface area (TPSA) is 132 Å². The first-order valence-corrected chi connectivity index (χ1v) is 8.43. The fourth-order valence-corrected chi connectivity index (χ4v) is 2.85. The summed E-state index contributed by atoms with van der Waals surface area (Å²) < 4.78 is 35.4. The van der Waals surface area contributed by atoms with E-state index >= 15 is 0 Å². The van der Waals surface area contributed by atoms with Crippen molar-refractivity contribution in [3.05, 3.63) is 41.0 Å². The molecule has 0 radical (unpaired) electrons. The van der Waals surface area contributed by atoms with Gasteiger partial charge in [-0.3, -0.25) is 9.36 Å². The van der Waals surface area contributed by atoms with Crippen LogP contribution in [-0.2, 0) is 16.1 Å². The van der Waals surface area contributed by atoms with E-state index in [0.717, 1.165) is 12.0 Å². The van der Waals surface area contributed by atoms with Crippen LogP contribution in [0.2, 0.25) is 0 Å². The second-order valence-corrected chi connectivity index (χ2v) is 6.30. The zero-order valence-electron chi connectivity index (χ0n) is 14.8. The maximum atomic E-state index is 14.1. The molecule has 10 nitrogen and oxygen atoms in total. The number of nitrogens with zero attached hydrogens (tertiary/aromatic N) is 4. The molecule has 0 spiro atoms. The molecule has 1 saturated heterocycles. The van der Waals surface area contributed by atoms with Crippen molar-refractivity contribution in [2.75, 3.05) is 11.9 Å². The lowest BCUT2D eigenvalue weighted by Crippen LogP contribution is -2.41. The number of aromatic nitrogens is 4. The number of halogens is 2. The largest absolute Gasteiger partial charge is 0.394 e. The Bertz CT molecular complexity index is 915. The van der Waals surface area contributed by atoms with Crippen LogP contribution in [0.1, 0.15) is 18.5 Å². The Labute approximate surface area is 157 Å². The molecule has 3 rings (SSSR count). The van der Waals surface area contributed by atoms with Gasteiger partial charge in [0.05, 0.1) is 6.61 Å². The van der Waals surface area contributed by atoms with E-state index in [1.807, 2.05) is 0 Å². The molecule has 0 aromatic carbocycles. The summed E-state index contributed by atoms with van der Waals surface area (Å²) in [5, 5.41) is 21.0. The number of amides is 1. The van der Waals surface area contributed by atoms with Crippen molar-refractivity contribution >= 4 is 11.7 Å². The van der Waals surface area contributed by atoms with E-state index in [-0.39, 0.29) is 12.2 Å². The summed E-state index contributed by atoms with van der Waals surface area (Å²) in [4.78, 5) is 31.7. The van der Waals surface area contributed by atoms with Gasteiger partial charge in [-0.2, -0.15) is 13.8 Å². The van der Waals surface area contributed by atoms with Gasteiger partial charge in [0.2, 0.25) is 12.1 Å². The van der Waals surface area contributed by atoms with Gasteiger partial charge in [0.25, 0.3) is 0 Å². The molecule has 0 aliphatic carbocycles. The molecule has 12 heteroatoms. The van der Waals surface area contributed by atoms with E-state index in [1.54, 1.807) is 23.9 Å². The zero-order valence-corrected chi connectivity index (χ0v) is 14.8. The van der Waals surface area contributed by atoms with Crippen LogP contribution < -0.4 is 11.0 Å². The lowest BCUT2D eigenvalue weighted by molar-refractivity contribution is -0.141. The number of anilines is 1. The number of aryl methyl sites for hydroxylation is 2. The van der Waals surface area contributed by atoms with Crippen molar-refractivity contribution in [1.82, 2.24) is 19.1 Å². The first kappa shape index (κ1) is 20.0. The van der Waals surface area contributed by atoms with Crippen molar-refractivity contribution in [3.63, 3.8) is 0 Å². The Morgan fingerprint density at radius 1 is 1.43 bits per heavy atom. The number of hydrogen-bond acceptors (Lipinski definition) is 7. The fraction of sp³-hybridized carbons (Fsp3) is 0.500. The van der Waals surface area contributed by atoms with Gasteiger partial charge >= 0.3 is 11.6 Å². The van der Waals surface area contributed by atoms with E-state index in [1.165, 1.54) is 6.07 Å². The van der Waals surface area contributed by atoms with E-state index in [9.17, 15) is 23.5 Å². The highest BCUT2D eigenvalue weighted by molar-refractivity contribution is 5.89. The molecule has 3 atom stereocenters. The molecule has 28 heavy (non-hydrogen) atoms. The van der Waals surface area contributed by atoms with Crippen molar-refractivity contribution in [2.24, 2.45) is 0 Å². The first-order valence-electron chi connectivity index (χ1n) is 8.43. The number of rotatable bonds is 6. The van der Waals surface area contributed by atoms with Gasteiger partial charge in [-0.25, -0.2) is 9.78 Å². The molecule has 0 bridgehead atoms. The number of ether oxygens (including phenoxy) is 1. The number of aliphatic hydroxyl groups excluding tert-OH is 2. The number of alkyl halides is 2. The van der Waals surface area contributed by atoms with E-state index in [0.29, 0.717) is 11.1 Å². The highest BCUT2D eigenvalue weighted by Gasteiger charge is 2.59. The van der Waals surface area contributed by atoms with Crippen molar-refractivity contribution < 1.29 is 28.5 Å². The van der Waals surface area contributed by atoms with Gasteiger partial charge in [0.15, 0.2) is 6.10 Å². The van der Waals surface area contributed by atoms with Crippen LogP contribution in [0.25, 0.3) is 0 Å². The van der Waals surface area contributed by atoms with Crippen LogP contribution in [0.5, 0.6) is 0 Å². The minimum Gasteiger partial charge on any atom is -0.394 e. The van der Waals surface area contributed by atoms with E-state index < -0.39 is 42.6 Å². The van der Waals surface area contributed by atoms with Crippen LogP contribution in [0, 0.1) is 6.92 Å². The third-order valence-electron chi connectivity index (χ3n) is 4.41. The third kappa shape index (κ3) is 3.79. The third-order valence-corrected chi connectivity index (χ3v) is 4.41. The standard InChI is InChI=1S/C16H19F2N5O5/c1-9-19-4-7-22(9)5-3-12(25)20-11-2-6-23(15(27)21-11)14-16(17,18)13(26)10(8-24)28-14/h2,4,6-7,10,13-14,24,26H,3,5,8H2,1H3,(H,20,21,25,27)/t10-,13?,14-/m1/s1. The summed E-state index contributed by atoms with van der Waals surface area (Å²) in [6.45, 7) is 1.33. The van der Waals surface area contributed by atoms with Crippen LogP contribution in [0.15, 0.2) is 29.5 Å². The summed E-state index contributed by atoms with van der Waals surface area (Å²) in [6, 6.07) is 1.17. The number of carbonyl (C=O) groups is 1. The summed E-state index contributed by atoms with van der Waals surface area (Å²) in [6.07, 6.45) is -1.51. The molecule has 3 heterocycles. The smallest absolute Gasteiger partial charge is 0.351 e. The highest BCUT2D eigenvalue weighted by Crippen LogP contribution is 2.41. The summed E-state index contributed by atoms with van der Waals surface area (Å²) in [7, 11) is 0. The first-order chi connectivity index (χ1) is 13.2. The van der Waals surface area contributed by atoms with Gasteiger partial charge in [0, 0.05) is 31.6 Å². The van der Waals surface area contributed by atoms with Crippen molar-refractivity contribution in [3.8, 4) is 0 Å². The maximum Gasteiger partial charge on any atom is 0.351 e. The molecule has 1 unspecified atom stereocenters. The average Bonchev–Trinajstić information content (AvgIpc) is 3.15. The molecule has 0 saturated carbocycles. The Morgan fingerprint density at radius 2 is 2.18 bits per heavy atom. The molecular formula is C16H19F2N5O5. The molecule has 1 fully saturated rings. The monoisotopic (exact) mass is 399 g/mol. The predicted molar refractivity (Wildman–Crippen MR) is 90.7 cm³/mol. The van der Waals surface area contributed by atoms with E-state index in [4.69, 9.17) is 9.84 Å². The molecule has 1 amide bonds. The van der Waals surface area contributed by atoms with Gasteiger partial charge in [-0.15, -0.1) is 0 Å². The second kappa shape index (κ2) is 7.73. The quantitative estimate of drug-likeness (QED) is 0.606. The van der Waals surface area contributed by atoms with Gasteiger partial charge in [0.1, 0.15) is 17.7 Å². The van der Waals surface area contributed by atoms with Crippen LogP contribution in [0.3, 0.4) is 0 Å². The van der Waals surface area contributed by atoms with Gasteiger partial charge in [-0.1, -0.05) is 0 Å². The van der Waals surface area contributed by atoms with Crippen LogP contribution in [-0.4, -0.2) is 60.0 Å². The van der Waals surface area contributed by atoms with Crippen molar-refractivity contribution in [1.29, 1.82) is 0 Å². The fourth-order valence-electron chi connectivity index (χ4n) is 2.85. The van der Waals surface area contributed by atoms with Crippen LogP contribution in [0.4, 0.5) is 14.6 Å². The molecule has 152 valence electrons. The minimum atomic E-state index is -3.80. The number of carbonyl (C=O) groups excluding carboxylic acids is 1. The van der Waals surface area contributed by atoms with Gasteiger partial charge < -0.3 is 24.8 Å². The summed E-state index contributed by atoms with van der Waals surface area (Å²) in [5.41, 5.74) is -1.10. The highest BCUT2D eigenvalue weighted by atomic mass is 19.3. The summed E-state index contributed by atoms with van der Waals surface area (Å²) >= 11 is 0. The van der Waals surface area contributed by atoms with Crippen LogP contribution >= 0.6 is 0 Å². The number of aliphatic hydroxyl groups is 2. The average molecular weight is 399 g/mol. The van der Waals surface area contributed by atoms with Gasteiger partial charge in [-0.05, 0) is 13.0 Å². The zero-order chi connectivity index (χ0) is 20.5. The molecular weight excluding hydrogens is 380 g/mol. The maximum absolute atomic E-state index is 14.1. The normalized spacial score (nSPS) is 23.7. The molecule has 2 aromatic heterocycles. The van der Waals surface area contributed by atoms with Crippen molar-refractivity contribution in [2.45, 2.75) is 44.2 Å². The minimum absolute atomic E-state index is 0.0934. The lowest BCUT2D eigenvalue weighted by Gasteiger charge is -2.21. The molecule has 2 aromatic rings. The SMILES string of the molecule is Cc1nccn1CCC(=O)Nc1ccn([C@@H]2O[C@H](CO)C(O)C2(F)F)c(=O)n1. The predicted octanol–water partition coefficient (Wildman–Crippen LogP) is -0.337.